The van der Waals surface area contributed by atoms with Gasteiger partial charge in [-0.15, -0.1) is 0 Å². The van der Waals surface area contributed by atoms with E-state index >= 15 is 0 Å². The van der Waals surface area contributed by atoms with E-state index in [4.69, 9.17) is 9.84 Å². The van der Waals surface area contributed by atoms with Crippen LogP contribution in [0, 0.1) is 17.3 Å². The third-order valence-electron chi connectivity index (χ3n) is 4.24. The lowest BCUT2D eigenvalue weighted by Crippen LogP contribution is -2.36. The number of likely N-dealkylation sites (N-methyl/N-ethyl adjacent to an activating group) is 1. The Balaban J connectivity index is 1.93. The summed E-state index contributed by atoms with van der Waals surface area (Å²) < 4.78 is 5.49. The van der Waals surface area contributed by atoms with Crippen LogP contribution in [0.15, 0.2) is 0 Å². The minimum absolute atomic E-state index is 0.0668. The number of amides is 1. The zero-order chi connectivity index (χ0) is 13.5. The van der Waals surface area contributed by atoms with Crippen molar-refractivity contribution < 1.29 is 19.4 Å². The van der Waals surface area contributed by atoms with Crippen LogP contribution in [0.3, 0.4) is 0 Å². The lowest BCUT2D eigenvalue weighted by atomic mass is 10.1. The molecule has 102 valence electrons. The van der Waals surface area contributed by atoms with Crippen LogP contribution in [0.1, 0.15) is 26.7 Å². The number of carboxylic acids is 1. The average molecular weight is 255 g/mol. The monoisotopic (exact) mass is 255 g/mol. The third-order valence-corrected chi connectivity index (χ3v) is 4.24. The lowest BCUT2D eigenvalue weighted by Gasteiger charge is -2.21. The van der Waals surface area contributed by atoms with Crippen LogP contribution in [-0.4, -0.2) is 48.2 Å². The number of carbonyl (C=O) groups excluding carboxylic acids is 1. The zero-order valence-corrected chi connectivity index (χ0v) is 11.2. The van der Waals surface area contributed by atoms with Crippen molar-refractivity contribution in [3.05, 3.63) is 0 Å². The number of ether oxygens (including phenoxy) is 1. The van der Waals surface area contributed by atoms with E-state index in [0.29, 0.717) is 6.54 Å². The molecule has 18 heavy (non-hydrogen) atoms. The maximum Gasteiger partial charge on any atom is 0.307 e. The molecule has 0 bridgehead atoms. The fourth-order valence-corrected chi connectivity index (χ4v) is 2.98. The molecule has 2 rings (SSSR count). The first kappa shape index (κ1) is 13.3. The Kier molecular flexibility index (Phi) is 3.36. The molecule has 0 spiro atoms. The van der Waals surface area contributed by atoms with Crippen LogP contribution < -0.4 is 0 Å². The summed E-state index contributed by atoms with van der Waals surface area (Å²) in [5.74, 6) is -1.87. The molecule has 5 nitrogen and oxygen atoms in total. The Hall–Kier alpha value is -1.10. The van der Waals surface area contributed by atoms with Gasteiger partial charge in [-0.1, -0.05) is 13.8 Å². The Morgan fingerprint density at radius 3 is 2.50 bits per heavy atom. The van der Waals surface area contributed by atoms with Gasteiger partial charge >= 0.3 is 5.97 Å². The first-order valence-electron chi connectivity index (χ1n) is 6.45. The number of carboxylic acid groups (broad SMARTS) is 1. The summed E-state index contributed by atoms with van der Waals surface area (Å²) in [7, 11) is 1.73. The first-order valence-corrected chi connectivity index (χ1v) is 6.45. The summed E-state index contributed by atoms with van der Waals surface area (Å²) in [5, 5.41) is 9.08. The van der Waals surface area contributed by atoms with Gasteiger partial charge in [-0.2, -0.15) is 0 Å². The number of carbonyl (C=O) groups is 2. The standard InChI is InChI=1S/C13H21NO4/c1-13(2)9(10(13)12(16)17)11(15)14(3)7-8-5-4-6-18-8/h8-10H,4-7H2,1-3H3,(H,16,17)/t8-,9-,10+/m0/s1. The highest BCUT2D eigenvalue weighted by atomic mass is 16.5. The van der Waals surface area contributed by atoms with Gasteiger partial charge < -0.3 is 14.7 Å². The molecule has 1 saturated carbocycles. The van der Waals surface area contributed by atoms with Gasteiger partial charge in [0, 0.05) is 20.2 Å². The smallest absolute Gasteiger partial charge is 0.307 e. The van der Waals surface area contributed by atoms with Crippen molar-refractivity contribution >= 4 is 11.9 Å². The second-order valence-electron chi connectivity index (χ2n) is 5.97. The number of nitrogens with zero attached hydrogens (tertiary/aromatic N) is 1. The number of aliphatic carboxylic acids is 1. The minimum atomic E-state index is -0.871. The van der Waals surface area contributed by atoms with Crippen molar-refractivity contribution in [1.29, 1.82) is 0 Å². The summed E-state index contributed by atoms with van der Waals surface area (Å²) in [6.45, 7) is 5.01. The maximum atomic E-state index is 12.2. The van der Waals surface area contributed by atoms with E-state index in [-0.39, 0.29) is 17.9 Å². The molecule has 0 aromatic heterocycles. The van der Waals surface area contributed by atoms with Gasteiger partial charge in [0.2, 0.25) is 5.91 Å². The van der Waals surface area contributed by atoms with Gasteiger partial charge in [-0.25, -0.2) is 0 Å². The number of hydrogen-bond acceptors (Lipinski definition) is 3. The van der Waals surface area contributed by atoms with E-state index < -0.39 is 17.3 Å². The molecule has 0 radical (unpaired) electrons. The number of hydrogen-bond donors (Lipinski definition) is 1. The molecule has 1 aliphatic heterocycles. The highest BCUT2D eigenvalue weighted by Gasteiger charge is 2.66. The fourth-order valence-electron chi connectivity index (χ4n) is 2.98. The van der Waals surface area contributed by atoms with Crippen LogP contribution in [0.25, 0.3) is 0 Å². The second-order valence-corrected chi connectivity index (χ2v) is 5.97. The largest absolute Gasteiger partial charge is 0.481 e. The van der Waals surface area contributed by atoms with Crippen LogP contribution in [-0.2, 0) is 14.3 Å². The first-order chi connectivity index (χ1) is 8.35. The minimum Gasteiger partial charge on any atom is -0.481 e. The fraction of sp³-hybridized carbons (Fsp3) is 0.846. The van der Waals surface area contributed by atoms with Gasteiger partial charge in [0.05, 0.1) is 17.9 Å². The van der Waals surface area contributed by atoms with Gasteiger partial charge in [-0.05, 0) is 18.3 Å². The molecular formula is C13H21NO4. The highest BCUT2D eigenvalue weighted by molar-refractivity contribution is 5.91. The summed E-state index contributed by atoms with van der Waals surface area (Å²) in [6, 6.07) is 0. The van der Waals surface area contributed by atoms with Crippen LogP contribution in [0.5, 0.6) is 0 Å². The molecule has 1 aliphatic carbocycles. The van der Waals surface area contributed by atoms with E-state index in [1.165, 1.54) is 0 Å². The van der Waals surface area contributed by atoms with E-state index in [0.717, 1.165) is 19.4 Å². The van der Waals surface area contributed by atoms with Crippen molar-refractivity contribution in [2.45, 2.75) is 32.8 Å². The maximum absolute atomic E-state index is 12.2. The molecule has 1 heterocycles. The van der Waals surface area contributed by atoms with Gasteiger partial charge in [0.1, 0.15) is 0 Å². The molecule has 0 aromatic rings. The van der Waals surface area contributed by atoms with E-state index in [1.54, 1.807) is 11.9 Å². The van der Waals surface area contributed by atoms with Crippen molar-refractivity contribution in [3.8, 4) is 0 Å². The second kappa shape index (κ2) is 4.53. The van der Waals surface area contributed by atoms with E-state index in [9.17, 15) is 9.59 Å². The summed E-state index contributed by atoms with van der Waals surface area (Å²) in [6.07, 6.45) is 2.14. The Morgan fingerprint density at radius 2 is 2.06 bits per heavy atom. The van der Waals surface area contributed by atoms with Crippen molar-refractivity contribution in [3.63, 3.8) is 0 Å². The molecule has 2 aliphatic rings. The summed E-state index contributed by atoms with van der Waals surface area (Å²) in [4.78, 5) is 24.9. The Morgan fingerprint density at radius 1 is 1.39 bits per heavy atom. The predicted molar refractivity (Wildman–Crippen MR) is 65.0 cm³/mol. The van der Waals surface area contributed by atoms with Crippen molar-refractivity contribution in [2.75, 3.05) is 20.2 Å². The molecule has 0 unspecified atom stereocenters. The molecule has 1 N–H and O–H groups in total. The van der Waals surface area contributed by atoms with E-state index in [2.05, 4.69) is 0 Å². The average Bonchev–Trinajstić information content (AvgIpc) is 2.63. The Bertz CT molecular complexity index is 360. The summed E-state index contributed by atoms with van der Waals surface area (Å²) >= 11 is 0. The van der Waals surface area contributed by atoms with Crippen LogP contribution >= 0.6 is 0 Å². The highest BCUT2D eigenvalue weighted by Crippen LogP contribution is 2.58. The van der Waals surface area contributed by atoms with Crippen molar-refractivity contribution in [2.24, 2.45) is 17.3 Å². The van der Waals surface area contributed by atoms with Crippen LogP contribution in [0.2, 0.25) is 0 Å². The molecular weight excluding hydrogens is 234 g/mol. The normalized spacial score (nSPS) is 33.2. The molecule has 1 amide bonds. The SMILES string of the molecule is CN(C[C@@H]1CCCO1)C(=O)[C@@H]1[C@H](C(=O)O)C1(C)C. The predicted octanol–water partition coefficient (Wildman–Crippen LogP) is 0.981. The lowest BCUT2D eigenvalue weighted by molar-refractivity contribution is -0.142. The van der Waals surface area contributed by atoms with Gasteiger partial charge in [-0.3, -0.25) is 9.59 Å². The molecule has 1 saturated heterocycles. The molecule has 2 fully saturated rings. The summed E-state index contributed by atoms with van der Waals surface area (Å²) in [5.41, 5.74) is -0.423. The number of rotatable bonds is 4. The molecule has 5 heteroatoms. The molecule has 3 atom stereocenters. The quantitative estimate of drug-likeness (QED) is 0.813. The Labute approximate surface area is 107 Å². The van der Waals surface area contributed by atoms with E-state index in [1.807, 2.05) is 13.8 Å². The van der Waals surface area contributed by atoms with Crippen LogP contribution in [0.4, 0.5) is 0 Å². The van der Waals surface area contributed by atoms with Gasteiger partial charge in [0.25, 0.3) is 0 Å². The van der Waals surface area contributed by atoms with Gasteiger partial charge in [0.15, 0.2) is 0 Å². The third kappa shape index (κ3) is 2.23. The topological polar surface area (TPSA) is 66.8 Å². The van der Waals surface area contributed by atoms with Crippen molar-refractivity contribution in [1.82, 2.24) is 4.90 Å². The zero-order valence-electron chi connectivity index (χ0n) is 11.2. The molecule has 0 aromatic carbocycles.